The van der Waals surface area contributed by atoms with Crippen LogP contribution in [0.2, 0.25) is 0 Å². The van der Waals surface area contributed by atoms with Crippen LogP contribution in [0.4, 0.5) is 5.82 Å². The molecule has 1 amide bonds. The molecule has 2 fully saturated rings. The summed E-state index contributed by atoms with van der Waals surface area (Å²) < 4.78 is 5.53. The van der Waals surface area contributed by atoms with E-state index in [1.165, 1.54) is 0 Å². The average molecular weight is 405 g/mol. The predicted molar refractivity (Wildman–Crippen MR) is 120 cm³/mol. The van der Waals surface area contributed by atoms with Gasteiger partial charge in [-0.1, -0.05) is 27.7 Å². The highest BCUT2D eigenvalue weighted by Gasteiger charge is 2.63. The SMILES string of the molecule is CC.CCCOCCC(=O)N1CC[C@@]2(CC)N(c3ccc(C#N)cn3)CC[C@@]12C.[HH].[HH]. The van der Waals surface area contributed by atoms with Gasteiger partial charge in [-0.3, -0.25) is 4.79 Å². The van der Waals surface area contributed by atoms with E-state index < -0.39 is 0 Å². The molecular formula is C23H40N4O2. The van der Waals surface area contributed by atoms with Gasteiger partial charge in [0.15, 0.2) is 0 Å². The third-order valence-electron chi connectivity index (χ3n) is 6.53. The number of fused-ring (bicyclic) bond motifs is 1. The van der Waals surface area contributed by atoms with E-state index in [0.717, 1.165) is 44.6 Å². The molecule has 164 valence electrons. The molecule has 0 unspecified atom stereocenters. The van der Waals surface area contributed by atoms with Crippen LogP contribution in [0.5, 0.6) is 0 Å². The molecule has 3 heterocycles. The van der Waals surface area contributed by atoms with E-state index in [1.807, 2.05) is 26.0 Å². The number of nitriles is 1. The van der Waals surface area contributed by atoms with Crippen molar-refractivity contribution in [2.24, 2.45) is 0 Å². The standard InChI is InChI=1S/C21H30N4O2.C2H6.2H2/c1-4-13-27-14-8-19(26)25-12-10-21(5-2)20(25,3)9-11-24(21)18-7-6-17(15-22)16-23-18;1-2;;/h6-7,16H,4-5,8-14H2,1-3H3;1-2H3;2*1H/t20-,21-;;;/m1.../s1. The molecule has 2 saturated heterocycles. The van der Waals surface area contributed by atoms with Gasteiger partial charge in [0.2, 0.25) is 5.91 Å². The molecule has 2 aliphatic heterocycles. The lowest BCUT2D eigenvalue weighted by Crippen LogP contribution is -2.59. The summed E-state index contributed by atoms with van der Waals surface area (Å²) >= 11 is 0. The number of likely N-dealkylation sites (tertiary alicyclic amines) is 1. The van der Waals surface area contributed by atoms with E-state index in [9.17, 15) is 4.79 Å². The van der Waals surface area contributed by atoms with E-state index >= 15 is 0 Å². The Bertz CT molecular complexity index is 725. The van der Waals surface area contributed by atoms with Gasteiger partial charge >= 0.3 is 0 Å². The summed E-state index contributed by atoms with van der Waals surface area (Å²) in [5.41, 5.74) is 0.273. The summed E-state index contributed by atoms with van der Waals surface area (Å²) in [6.07, 6.45) is 5.90. The maximum absolute atomic E-state index is 12.9. The zero-order chi connectivity index (χ0) is 21.5. The molecule has 6 nitrogen and oxygen atoms in total. The number of aromatic nitrogens is 1. The van der Waals surface area contributed by atoms with Gasteiger partial charge in [-0.2, -0.15) is 5.26 Å². The second-order valence-corrected chi connectivity index (χ2v) is 7.74. The highest BCUT2D eigenvalue weighted by Crippen LogP contribution is 2.52. The summed E-state index contributed by atoms with van der Waals surface area (Å²) in [4.78, 5) is 21.9. The van der Waals surface area contributed by atoms with E-state index in [2.05, 4.69) is 41.6 Å². The molecule has 0 spiro atoms. The van der Waals surface area contributed by atoms with Crippen molar-refractivity contribution in [1.82, 2.24) is 9.88 Å². The van der Waals surface area contributed by atoms with Gasteiger partial charge in [-0.05, 0) is 44.7 Å². The Morgan fingerprint density at radius 1 is 1.28 bits per heavy atom. The van der Waals surface area contributed by atoms with Gasteiger partial charge in [0.05, 0.1) is 29.7 Å². The van der Waals surface area contributed by atoms with Crippen molar-refractivity contribution >= 4 is 11.7 Å². The van der Waals surface area contributed by atoms with Crippen LogP contribution >= 0.6 is 0 Å². The number of rotatable bonds is 7. The molecule has 2 aliphatic rings. The van der Waals surface area contributed by atoms with Gasteiger partial charge in [0.1, 0.15) is 11.9 Å². The smallest absolute Gasteiger partial charge is 0.225 e. The maximum Gasteiger partial charge on any atom is 0.225 e. The number of hydrogen-bond donors (Lipinski definition) is 0. The molecule has 0 saturated carbocycles. The Hall–Kier alpha value is -2.13. The minimum atomic E-state index is -0.195. The predicted octanol–water partition coefficient (Wildman–Crippen LogP) is 4.64. The number of anilines is 1. The zero-order valence-electron chi connectivity index (χ0n) is 18.7. The van der Waals surface area contributed by atoms with Crippen LogP contribution in [0.3, 0.4) is 0 Å². The molecule has 1 aromatic heterocycles. The van der Waals surface area contributed by atoms with Crippen molar-refractivity contribution in [1.29, 1.82) is 5.26 Å². The largest absolute Gasteiger partial charge is 0.381 e. The van der Waals surface area contributed by atoms with Crippen LogP contribution in [-0.4, -0.2) is 53.2 Å². The van der Waals surface area contributed by atoms with Crippen LogP contribution in [0.1, 0.15) is 75.1 Å². The Morgan fingerprint density at radius 2 is 2.03 bits per heavy atom. The number of ether oxygens (including phenoxy) is 1. The number of carbonyl (C=O) groups excluding carboxylic acids is 1. The van der Waals surface area contributed by atoms with Crippen LogP contribution < -0.4 is 4.90 Å². The molecule has 0 bridgehead atoms. The first-order valence-corrected chi connectivity index (χ1v) is 11.0. The van der Waals surface area contributed by atoms with E-state index in [0.29, 0.717) is 25.2 Å². The third kappa shape index (κ3) is 4.11. The summed E-state index contributed by atoms with van der Waals surface area (Å²) in [5, 5.41) is 9.02. The summed E-state index contributed by atoms with van der Waals surface area (Å²) in [5.74, 6) is 1.10. The summed E-state index contributed by atoms with van der Waals surface area (Å²) in [7, 11) is 0. The Kier molecular flexibility index (Phi) is 8.04. The fourth-order valence-corrected chi connectivity index (χ4v) is 5.04. The lowest BCUT2D eigenvalue weighted by molar-refractivity contribution is -0.136. The van der Waals surface area contributed by atoms with Gasteiger partial charge in [-0.25, -0.2) is 4.98 Å². The molecule has 0 aliphatic carbocycles. The molecular weight excluding hydrogens is 364 g/mol. The first-order valence-electron chi connectivity index (χ1n) is 11.0. The van der Waals surface area contributed by atoms with E-state index in [-0.39, 0.29) is 19.8 Å². The minimum Gasteiger partial charge on any atom is -0.381 e. The summed E-state index contributed by atoms with van der Waals surface area (Å²) in [6.45, 7) is 13.4. The number of carbonyl (C=O) groups is 1. The van der Waals surface area contributed by atoms with Gasteiger partial charge in [0, 0.05) is 28.7 Å². The second-order valence-electron chi connectivity index (χ2n) is 7.74. The molecule has 3 rings (SSSR count). The Labute approximate surface area is 178 Å². The van der Waals surface area contributed by atoms with Crippen molar-refractivity contribution in [3.05, 3.63) is 23.9 Å². The first-order chi connectivity index (χ1) is 14.0. The average Bonchev–Trinajstić information content (AvgIpc) is 3.22. The van der Waals surface area contributed by atoms with Crippen molar-refractivity contribution in [3.8, 4) is 6.07 Å². The van der Waals surface area contributed by atoms with Crippen molar-refractivity contribution in [3.63, 3.8) is 0 Å². The Morgan fingerprint density at radius 3 is 2.62 bits per heavy atom. The molecule has 0 N–H and O–H groups in total. The quantitative estimate of drug-likeness (QED) is 0.619. The number of nitrogens with zero attached hydrogens (tertiary/aromatic N) is 4. The monoisotopic (exact) mass is 404 g/mol. The van der Waals surface area contributed by atoms with Crippen LogP contribution in [0, 0.1) is 11.3 Å². The van der Waals surface area contributed by atoms with Crippen molar-refractivity contribution in [2.75, 3.05) is 31.2 Å². The topological polar surface area (TPSA) is 69.5 Å². The molecule has 1 aromatic rings. The number of pyridine rings is 1. The highest BCUT2D eigenvalue weighted by atomic mass is 16.5. The van der Waals surface area contributed by atoms with E-state index in [4.69, 9.17) is 10.00 Å². The van der Waals surface area contributed by atoms with Crippen LogP contribution in [0.25, 0.3) is 0 Å². The van der Waals surface area contributed by atoms with Crippen LogP contribution in [-0.2, 0) is 9.53 Å². The lowest BCUT2D eigenvalue weighted by Gasteiger charge is -2.46. The fourth-order valence-electron chi connectivity index (χ4n) is 5.04. The van der Waals surface area contributed by atoms with Crippen molar-refractivity contribution in [2.45, 2.75) is 77.8 Å². The Balaban J connectivity index is 0.00000219. The fraction of sp³-hybridized carbons (Fsp3) is 0.696. The minimum absolute atomic E-state index is 0. The maximum atomic E-state index is 12.9. The molecule has 0 aromatic carbocycles. The molecule has 29 heavy (non-hydrogen) atoms. The first kappa shape index (κ1) is 23.2. The normalized spacial score (nSPS) is 25.2. The number of hydrogen-bond acceptors (Lipinski definition) is 5. The number of amides is 1. The van der Waals surface area contributed by atoms with Crippen molar-refractivity contribution < 1.29 is 12.4 Å². The highest BCUT2D eigenvalue weighted by molar-refractivity contribution is 5.78. The van der Waals surface area contributed by atoms with Gasteiger partial charge < -0.3 is 14.5 Å². The van der Waals surface area contributed by atoms with Crippen LogP contribution in [0.15, 0.2) is 18.3 Å². The molecule has 0 radical (unpaired) electrons. The van der Waals surface area contributed by atoms with E-state index in [1.54, 1.807) is 6.20 Å². The summed E-state index contributed by atoms with van der Waals surface area (Å²) in [6, 6.07) is 5.89. The van der Waals surface area contributed by atoms with Gasteiger partial charge in [0.25, 0.3) is 0 Å². The lowest BCUT2D eigenvalue weighted by atomic mass is 9.77. The van der Waals surface area contributed by atoms with Gasteiger partial charge in [-0.15, -0.1) is 0 Å². The molecule has 2 atom stereocenters. The zero-order valence-corrected chi connectivity index (χ0v) is 18.7. The molecule has 6 heteroatoms. The second kappa shape index (κ2) is 10.1. The third-order valence-corrected chi connectivity index (χ3v) is 6.53.